The summed E-state index contributed by atoms with van der Waals surface area (Å²) in [6.07, 6.45) is 2.36. The van der Waals surface area contributed by atoms with Gasteiger partial charge in [0.05, 0.1) is 11.8 Å². The molecule has 138 valence electrons. The number of carbonyl (C=O) groups is 1. The van der Waals surface area contributed by atoms with Crippen molar-refractivity contribution in [2.24, 2.45) is 0 Å². The quantitative estimate of drug-likeness (QED) is 0.515. The van der Waals surface area contributed by atoms with E-state index in [2.05, 4.69) is 15.3 Å². The summed E-state index contributed by atoms with van der Waals surface area (Å²) in [4.78, 5) is 19.2. The van der Waals surface area contributed by atoms with Crippen LogP contribution in [0, 0.1) is 12.7 Å². The van der Waals surface area contributed by atoms with E-state index in [4.69, 9.17) is 10.8 Å². The zero-order chi connectivity index (χ0) is 19.3. The van der Waals surface area contributed by atoms with Gasteiger partial charge < -0.3 is 15.9 Å². The van der Waals surface area contributed by atoms with Gasteiger partial charge >= 0.3 is 6.09 Å². The first kappa shape index (κ1) is 17.2. The van der Waals surface area contributed by atoms with Crippen molar-refractivity contribution in [2.75, 3.05) is 11.1 Å². The van der Waals surface area contributed by atoms with Crippen LogP contribution >= 0.6 is 0 Å². The van der Waals surface area contributed by atoms with Gasteiger partial charge in [-0.3, -0.25) is 10.3 Å². The van der Waals surface area contributed by atoms with E-state index < -0.39 is 18.0 Å². The molecule has 1 aliphatic carbocycles. The minimum atomic E-state index is -1.25. The van der Waals surface area contributed by atoms with Gasteiger partial charge in [-0.1, -0.05) is 0 Å². The Morgan fingerprint density at radius 1 is 1.30 bits per heavy atom. The molecule has 0 bridgehead atoms. The van der Waals surface area contributed by atoms with E-state index in [9.17, 15) is 9.90 Å². The summed E-state index contributed by atoms with van der Waals surface area (Å²) in [7, 11) is 0. The molecule has 1 aliphatic rings. The Kier molecular flexibility index (Phi) is 3.92. The van der Waals surface area contributed by atoms with Gasteiger partial charge in [-0.2, -0.15) is 0 Å². The van der Waals surface area contributed by atoms with Crippen molar-refractivity contribution in [3.63, 3.8) is 0 Å². The minimum absolute atomic E-state index is 0.0719. The zero-order valence-electron chi connectivity index (χ0n) is 14.5. The third kappa shape index (κ3) is 2.74. The van der Waals surface area contributed by atoms with Crippen molar-refractivity contribution in [2.45, 2.75) is 25.9 Å². The standard InChI is InChI=1S/C19H17FN4O3/c1-8-11(6-22-13-2-3-14(25)16(8)13)10-4-9-5-15(24-19(26)27)23-7-12(9)18(21)17(10)20/h4-7,14,25H,2-3,21H2,1H3,(H,23,24)(H,26,27). The average Bonchev–Trinajstić information content (AvgIpc) is 3.00. The highest BCUT2D eigenvalue weighted by Gasteiger charge is 2.26. The predicted octanol–water partition coefficient (Wildman–Crippen LogP) is 3.40. The van der Waals surface area contributed by atoms with Gasteiger partial charge in [0.1, 0.15) is 5.82 Å². The van der Waals surface area contributed by atoms with Crippen molar-refractivity contribution in [1.82, 2.24) is 9.97 Å². The first-order valence-electron chi connectivity index (χ1n) is 8.41. The average molecular weight is 368 g/mol. The van der Waals surface area contributed by atoms with Gasteiger partial charge in [0.2, 0.25) is 0 Å². The van der Waals surface area contributed by atoms with Crippen LogP contribution < -0.4 is 11.1 Å². The highest BCUT2D eigenvalue weighted by Crippen LogP contribution is 2.40. The van der Waals surface area contributed by atoms with Crippen molar-refractivity contribution in [3.05, 3.63) is 47.2 Å². The molecule has 1 atom stereocenters. The number of halogens is 1. The lowest BCUT2D eigenvalue weighted by Crippen LogP contribution is -2.08. The van der Waals surface area contributed by atoms with Crippen LogP contribution in [0.5, 0.6) is 0 Å². The summed E-state index contributed by atoms with van der Waals surface area (Å²) >= 11 is 0. The normalized spacial score (nSPS) is 15.7. The summed E-state index contributed by atoms with van der Waals surface area (Å²) in [5, 5.41) is 22.2. The molecule has 7 nitrogen and oxygen atoms in total. The number of nitrogens with one attached hydrogen (secondary N) is 1. The lowest BCUT2D eigenvalue weighted by atomic mass is 9.94. The molecule has 0 saturated carbocycles. The maximum absolute atomic E-state index is 15.0. The summed E-state index contributed by atoms with van der Waals surface area (Å²) < 4.78 is 15.0. The monoisotopic (exact) mass is 368 g/mol. The number of hydrogen-bond acceptors (Lipinski definition) is 5. The molecule has 0 saturated heterocycles. The Bertz CT molecular complexity index is 1100. The Morgan fingerprint density at radius 2 is 2.07 bits per heavy atom. The number of nitrogens with two attached hydrogens (primary N) is 1. The molecule has 0 fully saturated rings. The van der Waals surface area contributed by atoms with Crippen molar-refractivity contribution in [1.29, 1.82) is 0 Å². The fourth-order valence-corrected chi connectivity index (χ4v) is 3.67. The second-order valence-corrected chi connectivity index (χ2v) is 6.58. The fraction of sp³-hybridized carbons (Fsp3) is 0.211. The largest absolute Gasteiger partial charge is 0.465 e. The molecule has 1 unspecified atom stereocenters. The van der Waals surface area contributed by atoms with E-state index in [0.717, 1.165) is 16.8 Å². The van der Waals surface area contributed by atoms with Gasteiger partial charge in [0.25, 0.3) is 0 Å². The fourth-order valence-electron chi connectivity index (χ4n) is 3.67. The molecule has 0 aliphatic heterocycles. The third-order valence-electron chi connectivity index (χ3n) is 4.98. The Hall–Kier alpha value is -3.26. The van der Waals surface area contributed by atoms with Gasteiger partial charge in [-0.25, -0.2) is 14.2 Å². The van der Waals surface area contributed by atoms with Crippen molar-refractivity contribution < 1.29 is 19.4 Å². The summed E-state index contributed by atoms with van der Waals surface area (Å²) in [5.41, 5.74) is 9.04. The van der Waals surface area contributed by atoms with Crippen molar-refractivity contribution in [3.8, 4) is 11.1 Å². The molecule has 5 N–H and O–H groups in total. The van der Waals surface area contributed by atoms with Gasteiger partial charge in [-0.15, -0.1) is 0 Å². The number of aromatic nitrogens is 2. The molecule has 0 spiro atoms. The van der Waals surface area contributed by atoms with Crippen LogP contribution in [0.2, 0.25) is 0 Å². The molecule has 8 heteroatoms. The Balaban J connectivity index is 1.93. The van der Waals surface area contributed by atoms with Crippen LogP contribution in [0.3, 0.4) is 0 Å². The number of benzene rings is 1. The molecule has 1 aromatic carbocycles. The smallest absolute Gasteiger partial charge is 0.410 e. The van der Waals surface area contributed by atoms with Crippen LogP contribution in [-0.4, -0.2) is 26.3 Å². The molecule has 4 rings (SSSR count). The Morgan fingerprint density at radius 3 is 2.81 bits per heavy atom. The number of aliphatic hydroxyl groups is 1. The summed E-state index contributed by atoms with van der Waals surface area (Å²) in [5.74, 6) is -0.480. The first-order valence-corrected chi connectivity index (χ1v) is 8.41. The number of anilines is 2. The number of aliphatic hydroxyl groups excluding tert-OH is 1. The van der Waals surface area contributed by atoms with E-state index in [1.165, 1.54) is 12.3 Å². The van der Waals surface area contributed by atoms with Gasteiger partial charge in [0.15, 0.2) is 5.82 Å². The van der Waals surface area contributed by atoms with E-state index in [-0.39, 0.29) is 17.1 Å². The van der Waals surface area contributed by atoms with E-state index in [0.29, 0.717) is 29.2 Å². The second kappa shape index (κ2) is 6.17. The first-order chi connectivity index (χ1) is 12.9. The number of amides is 1. The highest BCUT2D eigenvalue weighted by molar-refractivity contribution is 5.99. The third-order valence-corrected chi connectivity index (χ3v) is 4.98. The topological polar surface area (TPSA) is 121 Å². The molecule has 3 aromatic rings. The van der Waals surface area contributed by atoms with Crippen molar-refractivity contribution >= 4 is 28.4 Å². The van der Waals surface area contributed by atoms with Crippen LogP contribution in [0.25, 0.3) is 21.9 Å². The number of aryl methyl sites for hydroxylation is 1. The summed E-state index contributed by atoms with van der Waals surface area (Å²) in [6.45, 7) is 1.83. The number of pyridine rings is 2. The molecule has 0 radical (unpaired) electrons. The molecular weight excluding hydrogens is 351 g/mol. The SMILES string of the molecule is Cc1c(-c2cc3cc(NC(=O)O)ncc3c(N)c2F)cnc2c1C(O)CC2. The Labute approximate surface area is 153 Å². The summed E-state index contributed by atoms with van der Waals surface area (Å²) in [6, 6.07) is 3.08. The number of fused-ring (bicyclic) bond motifs is 2. The van der Waals surface area contributed by atoms with E-state index >= 15 is 4.39 Å². The zero-order valence-corrected chi connectivity index (χ0v) is 14.5. The second-order valence-electron chi connectivity index (χ2n) is 6.58. The molecule has 27 heavy (non-hydrogen) atoms. The number of carboxylic acid groups (broad SMARTS) is 1. The maximum atomic E-state index is 15.0. The highest BCUT2D eigenvalue weighted by atomic mass is 19.1. The molecular formula is C19H17FN4O3. The van der Waals surface area contributed by atoms with E-state index in [1.807, 2.05) is 6.92 Å². The molecule has 2 heterocycles. The molecule has 2 aromatic heterocycles. The molecule has 1 amide bonds. The maximum Gasteiger partial charge on any atom is 0.410 e. The minimum Gasteiger partial charge on any atom is -0.465 e. The lowest BCUT2D eigenvalue weighted by Gasteiger charge is -2.15. The lowest BCUT2D eigenvalue weighted by molar-refractivity contribution is 0.179. The van der Waals surface area contributed by atoms with Crippen LogP contribution in [0.15, 0.2) is 24.5 Å². The number of hydrogen-bond donors (Lipinski definition) is 4. The van der Waals surface area contributed by atoms with Gasteiger partial charge in [-0.05, 0) is 42.8 Å². The van der Waals surface area contributed by atoms with Crippen LogP contribution in [-0.2, 0) is 6.42 Å². The predicted molar refractivity (Wildman–Crippen MR) is 99.0 cm³/mol. The number of nitrogens with zero attached hydrogens (tertiary/aromatic N) is 2. The van der Waals surface area contributed by atoms with E-state index in [1.54, 1.807) is 12.3 Å². The van der Waals surface area contributed by atoms with Crippen LogP contribution in [0.4, 0.5) is 20.7 Å². The van der Waals surface area contributed by atoms with Crippen LogP contribution in [0.1, 0.15) is 29.3 Å². The number of nitrogen functional groups attached to an aromatic ring is 1. The number of rotatable bonds is 2. The van der Waals surface area contributed by atoms with Gasteiger partial charge in [0, 0.05) is 40.2 Å².